The Bertz CT molecular complexity index is 974. The number of guanidine groups is 1. The summed E-state index contributed by atoms with van der Waals surface area (Å²) >= 11 is 0. The number of fused-ring (bicyclic) bond motifs is 1. The van der Waals surface area contributed by atoms with E-state index in [4.69, 9.17) is 9.47 Å². The summed E-state index contributed by atoms with van der Waals surface area (Å²) in [5.74, 6) is 0.737. The lowest BCUT2D eigenvalue weighted by molar-refractivity contribution is -0.116. The molecule has 0 spiro atoms. The van der Waals surface area contributed by atoms with Gasteiger partial charge in [-0.25, -0.2) is 9.79 Å². The van der Waals surface area contributed by atoms with Gasteiger partial charge in [-0.1, -0.05) is 24.3 Å². The van der Waals surface area contributed by atoms with Gasteiger partial charge in [0.1, 0.15) is 11.3 Å². The van der Waals surface area contributed by atoms with E-state index in [-0.39, 0.29) is 11.8 Å². The molecule has 0 saturated carbocycles. The Morgan fingerprint density at radius 1 is 1.19 bits per heavy atom. The van der Waals surface area contributed by atoms with E-state index >= 15 is 0 Å². The van der Waals surface area contributed by atoms with Crippen LogP contribution in [0.1, 0.15) is 40.7 Å². The number of carbonyl (C=O) groups is 2. The molecular weight excluding hydrogens is 396 g/mol. The van der Waals surface area contributed by atoms with Crippen molar-refractivity contribution in [1.29, 1.82) is 0 Å². The molecular formula is C23H28N4O4. The minimum Gasteiger partial charge on any atom is -0.496 e. The van der Waals surface area contributed by atoms with Crippen LogP contribution in [0, 0.1) is 0 Å². The molecule has 1 atom stereocenters. The van der Waals surface area contributed by atoms with E-state index in [0.717, 1.165) is 16.8 Å². The number of esters is 1. The first-order valence-electron chi connectivity index (χ1n) is 10.2. The summed E-state index contributed by atoms with van der Waals surface area (Å²) < 4.78 is 10.1. The first kappa shape index (κ1) is 22.1. The number of benzene rings is 2. The van der Waals surface area contributed by atoms with Gasteiger partial charge in [-0.3, -0.25) is 4.79 Å². The number of rotatable bonds is 7. The highest BCUT2D eigenvalue weighted by atomic mass is 16.5. The van der Waals surface area contributed by atoms with Gasteiger partial charge >= 0.3 is 5.97 Å². The maximum Gasteiger partial charge on any atom is 0.341 e. The summed E-state index contributed by atoms with van der Waals surface area (Å²) in [6, 6.07) is 13.1. The largest absolute Gasteiger partial charge is 0.496 e. The number of anilines is 1. The first-order valence-corrected chi connectivity index (χ1v) is 10.2. The molecule has 0 saturated heterocycles. The number of carbonyl (C=O) groups excluding carboxylic acids is 2. The molecule has 0 aromatic heterocycles. The molecule has 0 aliphatic carbocycles. The second-order valence-corrected chi connectivity index (χ2v) is 7.14. The van der Waals surface area contributed by atoms with Gasteiger partial charge in [0.25, 0.3) is 0 Å². The van der Waals surface area contributed by atoms with Gasteiger partial charge in [0.15, 0.2) is 5.96 Å². The van der Waals surface area contributed by atoms with Gasteiger partial charge in [-0.05, 0) is 36.2 Å². The Hall–Kier alpha value is -3.55. The Labute approximate surface area is 182 Å². The van der Waals surface area contributed by atoms with Crippen molar-refractivity contribution < 1.29 is 19.1 Å². The molecule has 8 nitrogen and oxygen atoms in total. The number of amides is 1. The van der Waals surface area contributed by atoms with E-state index in [1.807, 2.05) is 37.3 Å². The fourth-order valence-electron chi connectivity index (χ4n) is 3.53. The van der Waals surface area contributed by atoms with Crippen LogP contribution >= 0.6 is 0 Å². The molecule has 31 heavy (non-hydrogen) atoms. The van der Waals surface area contributed by atoms with Crippen molar-refractivity contribution in [3.8, 4) is 5.75 Å². The number of nitrogens with zero attached hydrogens (tertiary/aromatic N) is 1. The lowest BCUT2D eigenvalue weighted by atomic mass is 9.90. The molecule has 1 aliphatic rings. The number of nitrogens with one attached hydrogen (secondary N) is 3. The Kier molecular flexibility index (Phi) is 7.48. The zero-order chi connectivity index (χ0) is 22.2. The second kappa shape index (κ2) is 10.5. The number of hydrogen-bond acceptors (Lipinski definition) is 5. The van der Waals surface area contributed by atoms with Crippen molar-refractivity contribution in [3.63, 3.8) is 0 Å². The van der Waals surface area contributed by atoms with Crippen molar-refractivity contribution in [2.45, 2.75) is 25.8 Å². The van der Waals surface area contributed by atoms with Gasteiger partial charge in [0, 0.05) is 31.1 Å². The summed E-state index contributed by atoms with van der Waals surface area (Å²) in [4.78, 5) is 28.5. The zero-order valence-electron chi connectivity index (χ0n) is 18.0. The Morgan fingerprint density at radius 2 is 2.00 bits per heavy atom. The molecule has 1 unspecified atom stereocenters. The lowest BCUT2D eigenvalue weighted by Crippen LogP contribution is -2.40. The Morgan fingerprint density at radius 3 is 2.74 bits per heavy atom. The zero-order valence-corrected chi connectivity index (χ0v) is 18.0. The molecule has 0 fully saturated rings. The van der Waals surface area contributed by atoms with Crippen LogP contribution in [0.3, 0.4) is 0 Å². The van der Waals surface area contributed by atoms with Crippen LogP contribution in [0.2, 0.25) is 0 Å². The standard InChI is InChI=1S/C23H28N4O4/c1-4-24-23(25-13-15-9-10-18(22(29)31-3)20(11-15)30-2)26-14-16-12-21(28)27-19-8-6-5-7-17(16)19/h5-11,16H,4,12-14H2,1-3H3,(H,27,28)(H2,24,25,26). The van der Waals surface area contributed by atoms with Crippen LogP contribution in [0.5, 0.6) is 5.75 Å². The fraction of sp³-hybridized carbons (Fsp3) is 0.348. The molecule has 8 heteroatoms. The number of para-hydroxylation sites is 1. The monoisotopic (exact) mass is 424 g/mol. The molecule has 0 bridgehead atoms. The van der Waals surface area contributed by atoms with Crippen molar-refractivity contribution in [2.75, 3.05) is 32.6 Å². The van der Waals surface area contributed by atoms with Gasteiger partial charge in [-0.2, -0.15) is 0 Å². The molecule has 1 aliphatic heterocycles. The molecule has 3 rings (SSSR count). The van der Waals surface area contributed by atoms with Crippen LogP contribution in [-0.2, 0) is 16.1 Å². The predicted molar refractivity (Wildman–Crippen MR) is 120 cm³/mol. The van der Waals surface area contributed by atoms with Crippen molar-refractivity contribution in [1.82, 2.24) is 10.6 Å². The summed E-state index contributed by atoms with van der Waals surface area (Å²) in [7, 11) is 2.85. The van der Waals surface area contributed by atoms with Crippen LogP contribution in [-0.4, -0.2) is 45.1 Å². The smallest absolute Gasteiger partial charge is 0.341 e. The second-order valence-electron chi connectivity index (χ2n) is 7.14. The van der Waals surface area contributed by atoms with Crippen molar-refractivity contribution >= 4 is 23.5 Å². The highest BCUT2D eigenvalue weighted by molar-refractivity contribution is 5.95. The van der Waals surface area contributed by atoms with Crippen molar-refractivity contribution in [2.24, 2.45) is 4.99 Å². The van der Waals surface area contributed by atoms with E-state index in [1.165, 1.54) is 14.2 Å². The number of aliphatic imine (C=N–C) groups is 1. The summed E-state index contributed by atoms with van der Waals surface area (Å²) in [5.41, 5.74) is 3.25. The maximum absolute atomic E-state index is 12.0. The molecule has 3 N–H and O–H groups in total. The normalized spacial score (nSPS) is 15.5. The topological polar surface area (TPSA) is 101 Å². The van der Waals surface area contributed by atoms with Crippen molar-refractivity contribution in [3.05, 3.63) is 59.2 Å². The summed E-state index contributed by atoms with van der Waals surface area (Å²) in [6.07, 6.45) is 0.426. The minimum absolute atomic E-state index is 0.0187. The number of hydrogen-bond donors (Lipinski definition) is 3. The third-order valence-corrected chi connectivity index (χ3v) is 5.06. The molecule has 1 amide bonds. The van der Waals surface area contributed by atoms with Crippen LogP contribution in [0.25, 0.3) is 0 Å². The van der Waals surface area contributed by atoms with Crippen LogP contribution in [0.4, 0.5) is 5.69 Å². The van der Waals surface area contributed by atoms with Gasteiger partial charge < -0.3 is 25.4 Å². The SMILES string of the molecule is CCNC(=NCc1ccc(C(=O)OC)c(OC)c1)NCC1CC(=O)Nc2ccccc21. The quantitative estimate of drug-likeness (QED) is 0.359. The van der Waals surface area contributed by atoms with Gasteiger partial charge in [0.2, 0.25) is 5.91 Å². The number of methoxy groups -OCH3 is 2. The Balaban J connectivity index is 1.70. The third kappa shape index (κ3) is 5.53. The van der Waals surface area contributed by atoms with Gasteiger partial charge in [-0.15, -0.1) is 0 Å². The lowest BCUT2D eigenvalue weighted by Gasteiger charge is -2.26. The molecule has 2 aromatic carbocycles. The van der Waals surface area contributed by atoms with E-state index in [9.17, 15) is 9.59 Å². The van der Waals surface area contributed by atoms with E-state index in [1.54, 1.807) is 12.1 Å². The maximum atomic E-state index is 12.0. The predicted octanol–water partition coefficient (Wildman–Crippen LogP) is 2.66. The van der Waals surface area contributed by atoms with Gasteiger partial charge in [0.05, 0.1) is 20.8 Å². The van der Waals surface area contributed by atoms with E-state index < -0.39 is 5.97 Å². The minimum atomic E-state index is -0.446. The summed E-state index contributed by atoms with van der Waals surface area (Å²) in [6.45, 7) is 3.68. The highest BCUT2D eigenvalue weighted by Crippen LogP contribution is 2.31. The van der Waals surface area contributed by atoms with E-state index in [0.29, 0.717) is 43.3 Å². The average molecular weight is 425 g/mol. The highest BCUT2D eigenvalue weighted by Gasteiger charge is 2.24. The van der Waals surface area contributed by atoms with Crippen LogP contribution < -0.4 is 20.7 Å². The van der Waals surface area contributed by atoms with E-state index in [2.05, 4.69) is 20.9 Å². The van der Waals surface area contributed by atoms with Crippen LogP contribution in [0.15, 0.2) is 47.5 Å². The number of ether oxygens (including phenoxy) is 2. The molecule has 0 radical (unpaired) electrons. The summed E-state index contributed by atoms with van der Waals surface area (Å²) in [5, 5.41) is 9.49. The molecule has 164 valence electrons. The molecule has 1 heterocycles. The first-order chi connectivity index (χ1) is 15.0. The average Bonchev–Trinajstić information content (AvgIpc) is 2.79. The third-order valence-electron chi connectivity index (χ3n) is 5.06. The fourth-order valence-corrected chi connectivity index (χ4v) is 3.53. The molecule has 2 aromatic rings.